The largest absolute Gasteiger partial charge is 0.496 e. The van der Waals surface area contributed by atoms with Crippen LogP contribution in [0.4, 0.5) is 18.9 Å². The number of hydrogen-bond acceptors (Lipinski definition) is 5. The van der Waals surface area contributed by atoms with Crippen molar-refractivity contribution in [2.24, 2.45) is 0 Å². The van der Waals surface area contributed by atoms with Crippen molar-refractivity contribution < 1.29 is 22.7 Å². The van der Waals surface area contributed by atoms with Gasteiger partial charge in [-0.1, -0.05) is 12.1 Å². The Labute approximate surface area is 172 Å². The Morgan fingerprint density at radius 1 is 1.17 bits per heavy atom. The van der Waals surface area contributed by atoms with Gasteiger partial charge >= 0.3 is 6.18 Å². The van der Waals surface area contributed by atoms with Crippen molar-refractivity contribution in [3.05, 3.63) is 70.4 Å². The number of halogens is 3. The van der Waals surface area contributed by atoms with Gasteiger partial charge in [0.15, 0.2) is 5.78 Å². The number of carbonyl (C=O) groups excluding carboxylic acids is 1. The first kappa shape index (κ1) is 21.4. The number of carbonyl (C=O) groups is 1. The number of anilines is 1. The number of methoxy groups -OCH3 is 1. The Morgan fingerprint density at radius 2 is 1.93 bits per heavy atom. The van der Waals surface area contributed by atoms with Crippen LogP contribution in [-0.2, 0) is 11.0 Å². The molecule has 0 amide bonds. The maximum absolute atomic E-state index is 13.0. The van der Waals surface area contributed by atoms with E-state index >= 15 is 0 Å². The van der Waals surface area contributed by atoms with Crippen LogP contribution in [0.2, 0.25) is 0 Å². The fraction of sp³-hybridized carbons (Fsp3) is 0.273. The summed E-state index contributed by atoms with van der Waals surface area (Å²) in [4.78, 5) is 12.7. The summed E-state index contributed by atoms with van der Waals surface area (Å²) < 4.78 is 44.5. The molecule has 0 aliphatic heterocycles. The summed E-state index contributed by atoms with van der Waals surface area (Å²) in [5, 5.41) is 15.2. The van der Waals surface area contributed by atoms with Gasteiger partial charge in [0.1, 0.15) is 5.75 Å². The molecule has 30 heavy (non-hydrogen) atoms. The van der Waals surface area contributed by atoms with E-state index in [0.29, 0.717) is 34.6 Å². The second kappa shape index (κ2) is 8.59. The van der Waals surface area contributed by atoms with E-state index in [2.05, 4.69) is 10.6 Å². The maximum atomic E-state index is 13.0. The zero-order valence-electron chi connectivity index (χ0n) is 16.4. The number of likely N-dealkylation sites (N-methyl/N-ethyl adjacent to an activating group) is 1. The average Bonchev–Trinajstić information content (AvgIpc) is 3.08. The Balaban J connectivity index is 2.02. The zero-order chi connectivity index (χ0) is 21.9. The van der Waals surface area contributed by atoms with Crippen LogP contribution in [0.3, 0.4) is 0 Å². The molecule has 1 aliphatic rings. The van der Waals surface area contributed by atoms with Crippen LogP contribution in [-0.4, -0.2) is 19.9 Å². The van der Waals surface area contributed by atoms with Crippen molar-refractivity contribution in [2.75, 3.05) is 19.5 Å². The summed E-state index contributed by atoms with van der Waals surface area (Å²) in [6, 6.07) is 11.3. The predicted molar refractivity (Wildman–Crippen MR) is 106 cm³/mol. The molecule has 0 saturated carbocycles. The molecule has 8 heteroatoms. The molecular formula is C22H20F3N3O2. The molecule has 0 fully saturated rings. The molecule has 2 aromatic rings. The Kier molecular flexibility index (Phi) is 6.13. The maximum Gasteiger partial charge on any atom is 0.416 e. The molecule has 2 N–H and O–H groups in total. The number of Topliss-reactive ketones (excluding diaryl/α,β-unsaturated/α-hetero) is 1. The second-order valence-electron chi connectivity index (χ2n) is 6.81. The van der Waals surface area contributed by atoms with E-state index in [4.69, 9.17) is 10.00 Å². The van der Waals surface area contributed by atoms with Crippen molar-refractivity contribution in [1.82, 2.24) is 5.32 Å². The van der Waals surface area contributed by atoms with Gasteiger partial charge in [-0.05, 0) is 43.8 Å². The molecule has 1 unspecified atom stereocenters. The van der Waals surface area contributed by atoms with Crippen molar-refractivity contribution in [2.45, 2.75) is 25.1 Å². The van der Waals surface area contributed by atoms with Crippen LogP contribution < -0.4 is 15.4 Å². The lowest BCUT2D eigenvalue weighted by atomic mass is 9.95. The standard InChI is InChI=1S/C22H20F3N3O2/c1-27-21(16-7-6-13(12-26)10-19(16)30-2)20-17(8-9-18(20)29)28-15-5-3-4-14(11-15)22(23,24)25/h3-7,10-11,21,27-28H,8-9H2,1-2H3. The van der Waals surface area contributed by atoms with Gasteiger partial charge in [-0.25, -0.2) is 0 Å². The zero-order valence-corrected chi connectivity index (χ0v) is 16.4. The van der Waals surface area contributed by atoms with Crippen molar-refractivity contribution in [3.63, 3.8) is 0 Å². The van der Waals surface area contributed by atoms with Gasteiger partial charge in [0.05, 0.1) is 30.3 Å². The number of benzene rings is 2. The van der Waals surface area contributed by atoms with Crippen molar-refractivity contribution in [1.29, 1.82) is 5.26 Å². The summed E-state index contributed by atoms with van der Waals surface area (Å²) in [5.74, 6) is 0.342. The molecule has 0 saturated heterocycles. The number of hydrogen-bond donors (Lipinski definition) is 2. The van der Waals surface area contributed by atoms with Crippen molar-refractivity contribution >= 4 is 11.5 Å². The Hall–Kier alpha value is -3.31. The Bertz CT molecular complexity index is 1040. The number of rotatable bonds is 6. The van der Waals surface area contributed by atoms with E-state index in [1.165, 1.54) is 19.2 Å². The average molecular weight is 415 g/mol. The third-order valence-corrected chi connectivity index (χ3v) is 4.96. The summed E-state index contributed by atoms with van der Waals surface area (Å²) in [6.45, 7) is 0. The van der Waals surface area contributed by atoms with Gasteiger partial charge in [0, 0.05) is 28.9 Å². The summed E-state index contributed by atoms with van der Waals surface area (Å²) in [5.41, 5.74) is 1.57. The topological polar surface area (TPSA) is 74.1 Å². The van der Waals surface area contributed by atoms with Gasteiger partial charge in [-0.3, -0.25) is 4.79 Å². The number of nitrogens with one attached hydrogen (secondary N) is 2. The third kappa shape index (κ3) is 4.31. The Morgan fingerprint density at radius 3 is 2.57 bits per heavy atom. The molecule has 3 rings (SSSR count). The molecule has 156 valence electrons. The van der Waals surface area contributed by atoms with E-state index in [0.717, 1.165) is 12.1 Å². The van der Waals surface area contributed by atoms with E-state index in [1.54, 1.807) is 25.2 Å². The highest BCUT2D eigenvalue weighted by molar-refractivity contribution is 6.00. The highest BCUT2D eigenvalue weighted by atomic mass is 19.4. The van der Waals surface area contributed by atoms with Crippen molar-refractivity contribution in [3.8, 4) is 11.8 Å². The first-order valence-corrected chi connectivity index (χ1v) is 9.24. The minimum Gasteiger partial charge on any atom is -0.496 e. The van der Waals surface area contributed by atoms with Gasteiger partial charge in [0.25, 0.3) is 0 Å². The molecule has 2 aromatic carbocycles. The number of nitriles is 1. The van der Waals surface area contributed by atoms with E-state index in [9.17, 15) is 18.0 Å². The number of nitrogens with zero attached hydrogens (tertiary/aromatic N) is 1. The summed E-state index contributed by atoms with van der Waals surface area (Å²) in [7, 11) is 3.15. The molecule has 1 aliphatic carbocycles. The highest BCUT2D eigenvalue weighted by Crippen LogP contribution is 2.38. The number of ketones is 1. The van der Waals surface area contributed by atoms with Crippen LogP contribution >= 0.6 is 0 Å². The molecular weight excluding hydrogens is 395 g/mol. The van der Waals surface area contributed by atoms with Crippen LogP contribution in [0.1, 0.15) is 35.6 Å². The van der Waals surface area contributed by atoms with Crippen LogP contribution in [0.5, 0.6) is 5.75 Å². The molecule has 0 spiro atoms. The highest BCUT2D eigenvalue weighted by Gasteiger charge is 2.33. The smallest absolute Gasteiger partial charge is 0.416 e. The predicted octanol–water partition coefficient (Wildman–Crippen LogP) is 4.58. The number of allylic oxidation sites excluding steroid dienone is 1. The monoisotopic (exact) mass is 415 g/mol. The van der Waals surface area contributed by atoms with Gasteiger partial charge < -0.3 is 15.4 Å². The van der Waals surface area contributed by atoms with E-state index in [1.807, 2.05) is 6.07 Å². The fourth-order valence-electron chi connectivity index (χ4n) is 3.56. The van der Waals surface area contributed by atoms with Crippen LogP contribution in [0.15, 0.2) is 53.7 Å². The minimum atomic E-state index is -4.45. The third-order valence-electron chi connectivity index (χ3n) is 4.96. The summed E-state index contributed by atoms with van der Waals surface area (Å²) >= 11 is 0. The number of ether oxygens (including phenoxy) is 1. The van der Waals surface area contributed by atoms with E-state index < -0.39 is 17.8 Å². The first-order chi connectivity index (χ1) is 14.3. The van der Waals surface area contributed by atoms with Crippen LogP contribution in [0, 0.1) is 11.3 Å². The molecule has 0 bridgehead atoms. The molecule has 0 heterocycles. The fourth-order valence-corrected chi connectivity index (χ4v) is 3.56. The van der Waals surface area contributed by atoms with E-state index in [-0.39, 0.29) is 17.9 Å². The SMILES string of the molecule is CNC(C1=C(Nc2cccc(C(F)(F)F)c2)CCC1=O)c1ccc(C#N)cc1OC. The minimum absolute atomic E-state index is 0.102. The lowest BCUT2D eigenvalue weighted by Crippen LogP contribution is -2.24. The quantitative estimate of drug-likeness (QED) is 0.723. The molecule has 5 nitrogen and oxygen atoms in total. The lowest BCUT2D eigenvalue weighted by molar-refractivity contribution is -0.137. The molecule has 1 atom stereocenters. The van der Waals surface area contributed by atoms with Gasteiger partial charge in [-0.2, -0.15) is 18.4 Å². The van der Waals surface area contributed by atoms with Gasteiger partial charge in [-0.15, -0.1) is 0 Å². The molecule has 0 aromatic heterocycles. The summed E-state index contributed by atoms with van der Waals surface area (Å²) in [6.07, 6.45) is -3.81. The molecule has 0 radical (unpaired) electrons. The normalized spacial score (nSPS) is 15.1. The number of alkyl halides is 3. The van der Waals surface area contributed by atoms with Gasteiger partial charge in [0.2, 0.25) is 0 Å². The van der Waals surface area contributed by atoms with Crippen LogP contribution in [0.25, 0.3) is 0 Å². The lowest BCUT2D eigenvalue weighted by Gasteiger charge is -2.22. The second-order valence-corrected chi connectivity index (χ2v) is 6.81. The first-order valence-electron chi connectivity index (χ1n) is 9.24.